The van der Waals surface area contributed by atoms with Gasteiger partial charge in [0, 0.05) is 9.75 Å². The lowest BCUT2D eigenvalue weighted by Crippen LogP contribution is -2.33. The molecule has 0 fully saturated rings. The van der Waals surface area contributed by atoms with Gasteiger partial charge in [0.2, 0.25) is 5.91 Å². The summed E-state index contributed by atoms with van der Waals surface area (Å²) < 4.78 is 0. The summed E-state index contributed by atoms with van der Waals surface area (Å²) in [6.07, 6.45) is 0. The predicted octanol–water partition coefficient (Wildman–Crippen LogP) is 2.18. The Bertz CT molecular complexity index is 352. The number of rotatable bonds is 4. The zero-order valence-corrected chi connectivity index (χ0v) is 11.7. The molecule has 92 valence electrons. The minimum atomic E-state index is 0. The molecule has 1 rings (SSSR count). The second kappa shape index (κ2) is 6.89. The molecular weight excluding hydrogens is 244 g/mol. The molecule has 1 aromatic rings. The van der Waals surface area contributed by atoms with Gasteiger partial charge in [-0.1, -0.05) is 0 Å². The molecule has 1 unspecified atom stereocenters. The Balaban J connectivity index is 0.00000225. The Labute approximate surface area is 107 Å². The molecule has 0 saturated heterocycles. The van der Waals surface area contributed by atoms with Gasteiger partial charge in [-0.05, 0) is 39.4 Å². The van der Waals surface area contributed by atoms with E-state index in [4.69, 9.17) is 0 Å². The minimum Gasteiger partial charge on any atom is -0.348 e. The summed E-state index contributed by atoms with van der Waals surface area (Å²) in [5.41, 5.74) is 1.22. The van der Waals surface area contributed by atoms with Gasteiger partial charge in [0.15, 0.2) is 0 Å². The van der Waals surface area contributed by atoms with Crippen molar-refractivity contribution in [3.8, 4) is 0 Å². The fraction of sp³-hybridized carbons (Fsp3) is 0.545. The van der Waals surface area contributed by atoms with Crippen molar-refractivity contribution in [2.24, 2.45) is 0 Å². The monoisotopic (exact) mass is 262 g/mol. The van der Waals surface area contributed by atoms with Crippen molar-refractivity contribution in [3.05, 3.63) is 21.4 Å². The molecule has 1 amide bonds. The highest BCUT2D eigenvalue weighted by molar-refractivity contribution is 7.12. The van der Waals surface area contributed by atoms with Crippen LogP contribution in [0.1, 0.15) is 28.3 Å². The number of carbonyl (C=O) groups is 1. The van der Waals surface area contributed by atoms with Crippen LogP contribution in [0.4, 0.5) is 0 Å². The molecule has 0 aromatic carbocycles. The normalized spacial score (nSPS) is 11.8. The molecule has 0 aliphatic rings. The van der Waals surface area contributed by atoms with E-state index in [9.17, 15) is 4.79 Å². The number of likely N-dealkylation sites (N-methyl/N-ethyl adjacent to an activating group) is 1. The van der Waals surface area contributed by atoms with Crippen molar-refractivity contribution in [2.75, 3.05) is 13.6 Å². The summed E-state index contributed by atoms with van der Waals surface area (Å²) in [5, 5.41) is 5.79. The molecule has 16 heavy (non-hydrogen) atoms. The molecule has 0 aliphatic heterocycles. The van der Waals surface area contributed by atoms with Crippen molar-refractivity contribution in [3.63, 3.8) is 0 Å². The van der Waals surface area contributed by atoms with E-state index in [0.29, 0.717) is 6.54 Å². The number of hydrogen-bond acceptors (Lipinski definition) is 3. The molecule has 0 spiro atoms. The van der Waals surface area contributed by atoms with Crippen molar-refractivity contribution in [2.45, 2.75) is 26.8 Å². The van der Waals surface area contributed by atoms with Crippen molar-refractivity contribution in [1.82, 2.24) is 10.6 Å². The largest absolute Gasteiger partial charge is 0.348 e. The van der Waals surface area contributed by atoms with Crippen LogP contribution in [-0.4, -0.2) is 19.5 Å². The van der Waals surface area contributed by atoms with E-state index in [2.05, 4.69) is 30.5 Å². The maximum Gasteiger partial charge on any atom is 0.234 e. The molecule has 1 heterocycles. The Morgan fingerprint density at radius 2 is 2.12 bits per heavy atom. The number of amides is 1. The Hall–Kier alpha value is -0.580. The molecule has 1 aromatic heterocycles. The third kappa shape index (κ3) is 4.12. The number of hydrogen-bond donors (Lipinski definition) is 2. The summed E-state index contributed by atoms with van der Waals surface area (Å²) >= 11 is 1.77. The minimum absolute atomic E-state index is 0. The van der Waals surface area contributed by atoms with Crippen LogP contribution in [0, 0.1) is 13.8 Å². The average molecular weight is 263 g/mol. The second-order valence-corrected chi connectivity index (χ2v) is 5.15. The van der Waals surface area contributed by atoms with Gasteiger partial charge in [-0.3, -0.25) is 4.79 Å². The van der Waals surface area contributed by atoms with E-state index in [1.807, 2.05) is 6.92 Å². The van der Waals surface area contributed by atoms with E-state index >= 15 is 0 Å². The molecule has 0 aliphatic carbocycles. The fourth-order valence-electron chi connectivity index (χ4n) is 1.61. The van der Waals surface area contributed by atoms with Gasteiger partial charge < -0.3 is 10.6 Å². The average Bonchev–Trinajstić information content (AvgIpc) is 2.45. The van der Waals surface area contributed by atoms with Gasteiger partial charge in [0.1, 0.15) is 0 Å². The highest BCUT2D eigenvalue weighted by Gasteiger charge is 2.12. The third-order valence-electron chi connectivity index (χ3n) is 2.26. The van der Waals surface area contributed by atoms with Gasteiger partial charge in [-0.15, -0.1) is 23.7 Å². The van der Waals surface area contributed by atoms with Crippen LogP contribution >= 0.6 is 23.7 Å². The lowest BCUT2D eigenvalue weighted by atomic mass is 10.1. The molecule has 2 N–H and O–H groups in total. The van der Waals surface area contributed by atoms with Crippen LogP contribution in [0.5, 0.6) is 0 Å². The number of thiophene rings is 1. The summed E-state index contributed by atoms with van der Waals surface area (Å²) in [5.74, 6) is 0.0354. The first-order chi connectivity index (χ1) is 7.04. The molecular formula is C11H19ClN2OS. The van der Waals surface area contributed by atoms with E-state index < -0.39 is 0 Å². The van der Waals surface area contributed by atoms with Crippen LogP contribution in [0.2, 0.25) is 0 Å². The van der Waals surface area contributed by atoms with Gasteiger partial charge >= 0.3 is 0 Å². The highest BCUT2D eigenvalue weighted by Crippen LogP contribution is 2.25. The van der Waals surface area contributed by atoms with Gasteiger partial charge in [0.05, 0.1) is 12.6 Å². The lowest BCUT2D eigenvalue weighted by Gasteiger charge is -2.13. The number of aryl methyl sites for hydroxylation is 2. The van der Waals surface area contributed by atoms with Crippen LogP contribution < -0.4 is 10.6 Å². The predicted molar refractivity (Wildman–Crippen MR) is 71.5 cm³/mol. The Morgan fingerprint density at radius 1 is 1.50 bits per heavy atom. The third-order valence-corrected chi connectivity index (χ3v) is 3.24. The maximum atomic E-state index is 11.4. The smallest absolute Gasteiger partial charge is 0.234 e. The van der Waals surface area contributed by atoms with Crippen LogP contribution in [0.15, 0.2) is 6.07 Å². The molecule has 0 saturated carbocycles. The highest BCUT2D eigenvalue weighted by atomic mass is 35.5. The van der Waals surface area contributed by atoms with E-state index in [1.54, 1.807) is 18.4 Å². The van der Waals surface area contributed by atoms with Crippen molar-refractivity contribution in [1.29, 1.82) is 0 Å². The maximum absolute atomic E-state index is 11.4. The fourth-order valence-corrected chi connectivity index (χ4v) is 2.63. The van der Waals surface area contributed by atoms with E-state index in [0.717, 1.165) is 0 Å². The number of carbonyl (C=O) groups excluding carboxylic acids is 1. The van der Waals surface area contributed by atoms with E-state index in [1.165, 1.54) is 15.3 Å². The SMILES string of the molecule is CNCC(=O)NC(C)c1cc(C)sc1C.Cl. The molecule has 1 atom stereocenters. The van der Waals surface area contributed by atoms with Crippen LogP contribution in [-0.2, 0) is 4.79 Å². The molecule has 0 bridgehead atoms. The standard InChI is InChI=1S/C11H18N2OS.ClH/c1-7-5-10(9(3)15-7)8(2)13-11(14)6-12-4;/h5,8,12H,6H2,1-4H3,(H,13,14);1H. The van der Waals surface area contributed by atoms with Gasteiger partial charge in [-0.2, -0.15) is 0 Å². The van der Waals surface area contributed by atoms with Crippen molar-refractivity contribution >= 4 is 29.7 Å². The number of nitrogens with one attached hydrogen (secondary N) is 2. The molecule has 3 nitrogen and oxygen atoms in total. The van der Waals surface area contributed by atoms with Crippen LogP contribution in [0.25, 0.3) is 0 Å². The topological polar surface area (TPSA) is 41.1 Å². The van der Waals surface area contributed by atoms with Gasteiger partial charge in [0.25, 0.3) is 0 Å². The zero-order valence-electron chi connectivity index (χ0n) is 10.1. The Kier molecular flexibility index (Phi) is 6.64. The van der Waals surface area contributed by atoms with Gasteiger partial charge in [-0.25, -0.2) is 0 Å². The van der Waals surface area contributed by atoms with Crippen LogP contribution in [0.3, 0.4) is 0 Å². The summed E-state index contributed by atoms with van der Waals surface area (Å²) in [6.45, 7) is 6.56. The molecule has 5 heteroatoms. The zero-order chi connectivity index (χ0) is 11.4. The Morgan fingerprint density at radius 3 is 2.56 bits per heavy atom. The van der Waals surface area contributed by atoms with E-state index in [-0.39, 0.29) is 24.4 Å². The summed E-state index contributed by atoms with van der Waals surface area (Å²) in [6, 6.07) is 2.24. The first kappa shape index (κ1) is 15.4. The van der Waals surface area contributed by atoms with Crippen molar-refractivity contribution < 1.29 is 4.79 Å². The number of halogens is 1. The summed E-state index contributed by atoms with van der Waals surface area (Å²) in [4.78, 5) is 13.9. The second-order valence-electron chi connectivity index (χ2n) is 3.69. The quantitative estimate of drug-likeness (QED) is 0.873. The first-order valence-electron chi connectivity index (χ1n) is 5.05. The molecule has 0 radical (unpaired) electrons. The summed E-state index contributed by atoms with van der Waals surface area (Å²) in [7, 11) is 1.77. The lowest BCUT2D eigenvalue weighted by molar-refractivity contribution is -0.120. The first-order valence-corrected chi connectivity index (χ1v) is 5.87.